The first-order valence-electron chi connectivity index (χ1n) is 8.80. The average molecular weight is 495 g/mol. The quantitative estimate of drug-likeness (QED) is 0.231. The summed E-state index contributed by atoms with van der Waals surface area (Å²) in [5.74, 6) is 0. The fourth-order valence-corrected chi connectivity index (χ4v) is 2.43. The molecule has 14 nitrogen and oxygen atoms in total. The minimum Gasteiger partial charge on any atom is -0.279 e. The topological polar surface area (TPSA) is 168 Å². The van der Waals surface area contributed by atoms with Crippen LogP contribution in [0.2, 0.25) is 0 Å². The zero-order chi connectivity index (χ0) is 22.5. The van der Waals surface area contributed by atoms with Gasteiger partial charge in [0.1, 0.15) is 18.6 Å². The highest BCUT2D eigenvalue weighted by Gasteiger charge is 2.08. The second-order valence-electron chi connectivity index (χ2n) is 5.66. The van der Waals surface area contributed by atoms with Crippen molar-refractivity contribution in [2.24, 2.45) is 0 Å². The summed E-state index contributed by atoms with van der Waals surface area (Å²) >= 11 is 3.31. The van der Waals surface area contributed by atoms with Crippen molar-refractivity contribution < 1.29 is 9.85 Å². The van der Waals surface area contributed by atoms with Gasteiger partial charge in [0.25, 0.3) is 0 Å². The van der Waals surface area contributed by atoms with E-state index < -0.39 is 9.85 Å². The van der Waals surface area contributed by atoms with Crippen molar-refractivity contribution in [3.05, 3.63) is 81.9 Å². The van der Waals surface area contributed by atoms with Gasteiger partial charge in [0.15, 0.2) is 0 Å². The van der Waals surface area contributed by atoms with E-state index in [1.165, 1.54) is 23.3 Å². The maximum absolute atomic E-state index is 10.4. The third kappa shape index (κ3) is 8.57. The maximum Gasteiger partial charge on any atom is 0.306 e. The summed E-state index contributed by atoms with van der Waals surface area (Å²) in [4.78, 5) is 19.2. The molecule has 0 aliphatic heterocycles. The molecule has 4 heterocycles. The Morgan fingerprint density at radius 1 is 0.871 bits per heavy atom. The van der Waals surface area contributed by atoms with Gasteiger partial charge >= 0.3 is 11.4 Å². The summed E-state index contributed by atoms with van der Waals surface area (Å²) in [6.45, 7) is 2.16. The minimum absolute atomic E-state index is 0.00926. The van der Waals surface area contributed by atoms with E-state index in [4.69, 9.17) is 0 Å². The van der Waals surface area contributed by atoms with Gasteiger partial charge in [0, 0.05) is 30.1 Å². The lowest BCUT2D eigenvalue weighted by Gasteiger charge is -2.00. The largest absolute Gasteiger partial charge is 0.306 e. The van der Waals surface area contributed by atoms with E-state index in [1.807, 2.05) is 29.2 Å². The predicted octanol–water partition coefficient (Wildman–Crippen LogP) is 2.28. The fourth-order valence-electron chi connectivity index (χ4n) is 2.07. The van der Waals surface area contributed by atoms with Crippen molar-refractivity contribution in [3.63, 3.8) is 0 Å². The van der Waals surface area contributed by atoms with Crippen LogP contribution in [0.25, 0.3) is 0 Å². The molecule has 1 N–H and O–H groups in total. The van der Waals surface area contributed by atoms with Crippen LogP contribution in [0.4, 0.5) is 11.4 Å². The molecule has 0 fully saturated rings. The van der Waals surface area contributed by atoms with Crippen LogP contribution in [0.3, 0.4) is 0 Å². The van der Waals surface area contributed by atoms with E-state index in [2.05, 4.69) is 41.4 Å². The number of rotatable bonds is 7. The Balaban J connectivity index is 0.000000181. The molecule has 0 spiro atoms. The minimum atomic E-state index is -0.510. The smallest absolute Gasteiger partial charge is 0.279 e. The molecule has 0 saturated carbocycles. The van der Waals surface area contributed by atoms with Gasteiger partial charge in [-0.1, -0.05) is 15.9 Å². The molecule has 0 amide bonds. The van der Waals surface area contributed by atoms with Crippen LogP contribution in [-0.2, 0) is 19.6 Å². The van der Waals surface area contributed by atoms with Crippen molar-refractivity contribution in [1.29, 1.82) is 0 Å². The number of aromatic amines is 1. The highest BCUT2D eigenvalue weighted by atomic mass is 79.9. The SMILES string of the molecule is BrCCn1cccn1.O=[N+]([O-])c1cn[nH]c1.O=[N+]([O-])c1cnn(CCn2cccn2)c1. The molecule has 4 rings (SSSR count). The molecular weight excluding hydrogens is 476 g/mol. The summed E-state index contributed by atoms with van der Waals surface area (Å²) in [7, 11) is 0. The van der Waals surface area contributed by atoms with Crippen molar-refractivity contribution in [3.8, 4) is 0 Å². The van der Waals surface area contributed by atoms with Gasteiger partial charge in [0.2, 0.25) is 0 Å². The third-order valence-electron chi connectivity index (χ3n) is 3.52. The number of halogens is 1. The Labute approximate surface area is 183 Å². The van der Waals surface area contributed by atoms with Gasteiger partial charge in [-0.05, 0) is 12.1 Å². The number of aromatic nitrogens is 8. The van der Waals surface area contributed by atoms with E-state index in [0.717, 1.165) is 18.1 Å². The van der Waals surface area contributed by atoms with Crippen LogP contribution in [0.15, 0.2) is 61.7 Å². The van der Waals surface area contributed by atoms with Crippen molar-refractivity contribution in [2.75, 3.05) is 5.33 Å². The predicted molar refractivity (Wildman–Crippen MR) is 112 cm³/mol. The average Bonchev–Trinajstić information content (AvgIpc) is 3.56. The van der Waals surface area contributed by atoms with Gasteiger partial charge in [-0.3, -0.25) is 39.4 Å². The summed E-state index contributed by atoms with van der Waals surface area (Å²) in [5, 5.41) is 38.7. The standard InChI is InChI=1S/C8H9N5O2.C5H7BrN2.C3H3N3O2/c14-13(15)8-6-10-12(7-8)5-4-11-3-1-2-9-11;6-2-5-8-4-1-3-7-8;7-6(8)3-1-4-5-2-3/h1-3,6-7H,4-5H2;1,3-4H,2,5H2;1-2H,(H,4,5). The molecular formula is C16H19BrN10O4. The first-order valence-corrected chi connectivity index (χ1v) is 9.92. The van der Waals surface area contributed by atoms with Gasteiger partial charge in [0.05, 0.1) is 35.7 Å². The van der Waals surface area contributed by atoms with E-state index in [-0.39, 0.29) is 11.4 Å². The molecule has 15 heteroatoms. The molecule has 0 aliphatic rings. The molecule has 0 saturated heterocycles. The lowest BCUT2D eigenvalue weighted by Crippen LogP contribution is -2.07. The number of hydrogen-bond acceptors (Lipinski definition) is 8. The van der Waals surface area contributed by atoms with Crippen LogP contribution < -0.4 is 0 Å². The van der Waals surface area contributed by atoms with Crippen LogP contribution in [-0.4, -0.2) is 54.7 Å². The molecule has 4 aromatic rings. The van der Waals surface area contributed by atoms with E-state index in [1.54, 1.807) is 17.1 Å². The van der Waals surface area contributed by atoms with Crippen molar-refractivity contribution in [1.82, 2.24) is 39.5 Å². The zero-order valence-electron chi connectivity index (χ0n) is 16.1. The number of nitrogens with one attached hydrogen (secondary N) is 1. The number of nitro groups is 2. The Kier molecular flexibility index (Phi) is 9.54. The fraction of sp³-hybridized carbons (Fsp3) is 0.250. The second kappa shape index (κ2) is 12.6. The first-order chi connectivity index (χ1) is 15.0. The molecule has 0 atom stereocenters. The lowest BCUT2D eigenvalue weighted by atomic mass is 10.6. The van der Waals surface area contributed by atoms with Crippen LogP contribution in [0.1, 0.15) is 0 Å². The van der Waals surface area contributed by atoms with E-state index in [9.17, 15) is 20.2 Å². The third-order valence-corrected chi connectivity index (χ3v) is 3.87. The van der Waals surface area contributed by atoms with Crippen LogP contribution >= 0.6 is 15.9 Å². The molecule has 0 unspecified atom stereocenters. The Morgan fingerprint density at radius 2 is 1.48 bits per heavy atom. The normalized spacial score (nSPS) is 9.84. The van der Waals surface area contributed by atoms with Gasteiger partial charge in [-0.2, -0.15) is 20.4 Å². The first kappa shape index (κ1) is 23.4. The highest BCUT2D eigenvalue weighted by Crippen LogP contribution is 2.07. The molecule has 4 aromatic heterocycles. The second-order valence-corrected chi connectivity index (χ2v) is 6.45. The lowest BCUT2D eigenvalue weighted by molar-refractivity contribution is -0.385. The summed E-state index contributed by atoms with van der Waals surface area (Å²) in [5.41, 5.74) is 0.000431. The van der Waals surface area contributed by atoms with Crippen LogP contribution in [0.5, 0.6) is 0 Å². The van der Waals surface area contributed by atoms with E-state index in [0.29, 0.717) is 13.1 Å². The Hall–Kier alpha value is -3.88. The number of hydrogen-bond donors (Lipinski definition) is 1. The Bertz CT molecular complexity index is 1020. The van der Waals surface area contributed by atoms with E-state index >= 15 is 0 Å². The molecule has 31 heavy (non-hydrogen) atoms. The monoisotopic (exact) mass is 494 g/mol. The van der Waals surface area contributed by atoms with Gasteiger partial charge in [-0.25, -0.2) is 0 Å². The summed E-state index contributed by atoms with van der Waals surface area (Å²) < 4.78 is 5.15. The molecule has 0 aliphatic carbocycles. The number of nitrogens with zero attached hydrogens (tertiary/aromatic N) is 9. The summed E-state index contributed by atoms with van der Waals surface area (Å²) in [6, 6.07) is 3.74. The van der Waals surface area contributed by atoms with Crippen molar-refractivity contribution in [2.45, 2.75) is 19.6 Å². The van der Waals surface area contributed by atoms with Gasteiger partial charge in [-0.15, -0.1) is 0 Å². The number of alkyl halides is 1. The molecule has 0 bridgehead atoms. The summed E-state index contributed by atoms with van der Waals surface area (Å²) in [6.07, 6.45) is 12.3. The van der Waals surface area contributed by atoms with Gasteiger partial charge < -0.3 is 0 Å². The highest BCUT2D eigenvalue weighted by molar-refractivity contribution is 9.09. The molecule has 0 aromatic carbocycles. The van der Waals surface area contributed by atoms with Crippen molar-refractivity contribution >= 4 is 27.3 Å². The molecule has 164 valence electrons. The molecule has 0 radical (unpaired) electrons. The Morgan fingerprint density at radius 3 is 1.90 bits per heavy atom. The maximum atomic E-state index is 10.4. The number of aryl methyl sites for hydroxylation is 3. The zero-order valence-corrected chi connectivity index (χ0v) is 17.7. The number of H-pyrrole nitrogens is 1. The van der Waals surface area contributed by atoms with Crippen LogP contribution in [0, 0.1) is 20.2 Å².